The lowest BCUT2D eigenvalue weighted by atomic mass is 10.1. The quantitative estimate of drug-likeness (QED) is 0.757. The average Bonchev–Trinajstić information content (AvgIpc) is 2.48. The second-order valence-electron chi connectivity index (χ2n) is 5.19. The molecule has 2 rings (SSSR count). The molecule has 0 aliphatic heterocycles. The van der Waals surface area contributed by atoms with Gasteiger partial charge in [-0.1, -0.05) is 38.0 Å². The normalized spacial score (nSPS) is 10.4. The first-order chi connectivity index (χ1) is 10.2. The van der Waals surface area contributed by atoms with Crippen LogP contribution in [0, 0.1) is 13.8 Å². The minimum Gasteiger partial charge on any atom is -0.369 e. The third kappa shape index (κ3) is 4.41. The number of anilines is 3. The maximum atomic E-state index is 4.45. The average molecular weight is 285 g/mol. The van der Waals surface area contributed by atoms with E-state index in [-0.39, 0.29) is 0 Å². The van der Waals surface area contributed by atoms with E-state index in [1.165, 1.54) is 24.0 Å². The molecular formula is C16H23N5. The van der Waals surface area contributed by atoms with Crippen molar-refractivity contribution in [1.82, 2.24) is 15.2 Å². The summed E-state index contributed by atoms with van der Waals surface area (Å²) in [6, 6.07) is 6.17. The van der Waals surface area contributed by atoms with Crippen molar-refractivity contribution in [3.63, 3.8) is 0 Å². The molecule has 2 aromatic rings. The third-order valence-corrected chi connectivity index (χ3v) is 3.36. The van der Waals surface area contributed by atoms with Gasteiger partial charge in [0.25, 0.3) is 0 Å². The highest BCUT2D eigenvalue weighted by Crippen LogP contribution is 2.22. The zero-order chi connectivity index (χ0) is 15.1. The Balaban J connectivity index is 2.04. The molecule has 0 unspecified atom stereocenters. The first-order valence-electron chi connectivity index (χ1n) is 7.47. The van der Waals surface area contributed by atoms with Gasteiger partial charge in [0.2, 0.25) is 5.95 Å². The van der Waals surface area contributed by atoms with E-state index in [9.17, 15) is 0 Å². The third-order valence-electron chi connectivity index (χ3n) is 3.36. The topological polar surface area (TPSA) is 62.7 Å². The molecule has 0 aliphatic rings. The summed E-state index contributed by atoms with van der Waals surface area (Å²) in [7, 11) is 0. The number of nitrogens with one attached hydrogen (secondary N) is 2. The molecule has 1 aromatic heterocycles. The fraction of sp³-hybridized carbons (Fsp3) is 0.438. The Morgan fingerprint density at radius 1 is 1.10 bits per heavy atom. The highest BCUT2D eigenvalue weighted by Gasteiger charge is 2.05. The molecule has 0 radical (unpaired) electrons. The first kappa shape index (κ1) is 15.2. The Hall–Kier alpha value is -2.17. The highest BCUT2D eigenvalue weighted by molar-refractivity contribution is 5.62. The Morgan fingerprint density at radius 2 is 1.86 bits per heavy atom. The van der Waals surface area contributed by atoms with Gasteiger partial charge in [-0.3, -0.25) is 0 Å². The lowest BCUT2D eigenvalue weighted by Gasteiger charge is -2.11. The molecule has 0 spiro atoms. The van der Waals surface area contributed by atoms with Gasteiger partial charge in [-0.15, -0.1) is 5.10 Å². The summed E-state index contributed by atoms with van der Waals surface area (Å²) >= 11 is 0. The molecule has 112 valence electrons. The van der Waals surface area contributed by atoms with Gasteiger partial charge in [0.1, 0.15) is 0 Å². The van der Waals surface area contributed by atoms with Crippen molar-refractivity contribution in [2.45, 2.75) is 40.0 Å². The van der Waals surface area contributed by atoms with Crippen molar-refractivity contribution in [2.75, 3.05) is 17.2 Å². The van der Waals surface area contributed by atoms with Gasteiger partial charge in [0.05, 0.1) is 6.20 Å². The maximum Gasteiger partial charge on any atom is 0.249 e. The van der Waals surface area contributed by atoms with Crippen molar-refractivity contribution in [3.05, 3.63) is 35.5 Å². The van der Waals surface area contributed by atoms with Gasteiger partial charge in [-0.05, 0) is 31.4 Å². The number of para-hydroxylation sites is 1. The molecule has 0 amide bonds. The number of aromatic nitrogens is 3. The van der Waals surface area contributed by atoms with Crippen LogP contribution in [0.1, 0.15) is 37.3 Å². The standard InChI is InChI=1S/C16H23N5/c1-4-5-6-10-17-14-11-18-21-16(19-14)20-15-12(2)8-7-9-13(15)3/h7-9,11H,4-6,10H2,1-3H3,(H2,17,19,20,21). The van der Waals surface area contributed by atoms with E-state index in [0.717, 1.165) is 24.5 Å². The number of unbranched alkanes of at least 4 members (excludes halogenated alkanes) is 2. The van der Waals surface area contributed by atoms with Gasteiger partial charge in [0, 0.05) is 12.2 Å². The zero-order valence-electron chi connectivity index (χ0n) is 13.0. The predicted octanol–water partition coefficient (Wildman–Crippen LogP) is 3.83. The van der Waals surface area contributed by atoms with Crippen LogP contribution in [0.2, 0.25) is 0 Å². The van der Waals surface area contributed by atoms with Crippen LogP contribution in [0.3, 0.4) is 0 Å². The van der Waals surface area contributed by atoms with E-state index in [2.05, 4.69) is 58.7 Å². The Bertz CT molecular complexity index is 562. The highest BCUT2D eigenvalue weighted by atomic mass is 15.3. The fourth-order valence-electron chi connectivity index (χ4n) is 2.16. The number of hydrogen-bond donors (Lipinski definition) is 2. The lowest BCUT2D eigenvalue weighted by molar-refractivity contribution is 0.741. The van der Waals surface area contributed by atoms with Crippen molar-refractivity contribution < 1.29 is 0 Å². The van der Waals surface area contributed by atoms with E-state index in [0.29, 0.717) is 5.95 Å². The molecule has 0 bridgehead atoms. The summed E-state index contributed by atoms with van der Waals surface area (Å²) in [4.78, 5) is 4.45. The lowest BCUT2D eigenvalue weighted by Crippen LogP contribution is -2.07. The van der Waals surface area contributed by atoms with E-state index in [4.69, 9.17) is 0 Å². The molecule has 1 aromatic carbocycles. The molecule has 0 atom stereocenters. The van der Waals surface area contributed by atoms with E-state index < -0.39 is 0 Å². The molecule has 1 heterocycles. The monoisotopic (exact) mass is 285 g/mol. The van der Waals surface area contributed by atoms with Crippen LogP contribution in [0.4, 0.5) is 17.5 Å². The number of aryl methyl sites for hydroxylation is 2. The Kier molecular flexibility index (Phi) is 5.49. The molecule has 0 fully saturated rings. The minimum absolute atomic E-state index is 0.521. The van der Waals surface area contributed by atoms with Crippen LogP contribution in [0.25, 0.3) is 0 Å². The minimum atomic E-state index is 0.521. The van der Waals surface area contributed by atoms with E-state index >= 15 is 0 Å². The predicted molar refractivity (Wildman–Crippen MR) is 87.0 cm³/mol. The summed E-state index contributed by atoms with van der Waals surface area (Å²) in [6.45, 7) is 7.24. The van der Waals surface area contributed by atoms with Gasteiger partial charge in [0.15, 0.2) is 5.82 Å². The molecule has 5 nitrogen and oxygen atoms in total. The fourth-order valence-corrected chi connectivity index (χ4v) is 2.16. The summed E-state index contributed by atoms with van der Waals surface area (Å²) in [5.41, 5.74) is 3.38. The maximum absolute atomic E-state index is 4.45. The molecule has 0 saturated heterocycles. The number of nitrogens with zero attached hydrogens (tertiary/aromatic N) is 3. The SMILES string of the molecule is CCCCCNc1cnnc(Nc2c(C)cccc2C)n1. The first-order valence-corrected chi connectivity index (χ1v) is 7.47. The van der Waals surface area contributed by atoms with Crippen LogP contribution in [-0.4, -0.2) is 21.7 Å². The number of hydrogen-bond acceptors (Lipinski definition) is 5. The zero-order valence-corrected chi connectivity index (χ0v) is 13.0. The van der Waals surface area contributed by atoms with Crippen molar-refractivity contribution in [3.8, 4) is 0 Å². The molecule has 21 heavy (non-hydrogen) atoms. The molecule has 5 heteroatoms. The van der Waals surface area contributed by atoms with Crippen molar-refractivity contribution in [1.29, 1.82) is 0 Å². The van der Waals surface area contributed by atoms with Crippen LogP contribution >= 0.6 is 0 Å². The number of rotatable bonds is 7. The van der Waals surface area contributed by atoms with Crippen molar-refractivity contribution >= 4 is 17.5 Å². The van der Waals surface area contributed by atoms with E-state index in [1.807, 2.05) is 6.07 Å². The van der Waals surface area contributed by atoms with E-state index in [1.54, 1.807) is 6.20 Å². The van der Waals surface area contributed by atoms with Crippen molar-refractivity contribution in [2.24, 2.45) is 0 Å². The van der Waals surface area contributed by atoms with Gasteiger partial charge in [-0.25, -0.2) is 0 Å². The van der Waals surface area contributed by atoms with Gasteiger partial charge >= 0.3 is 0 Å². The smallest absolute Gasteiger partial charge is 0.249 e. The second kappa shape index (κ2) is 7.57. The molecule has 2 N–H and O–H groups in total. The summed E-state index contributed by atoms with van der Waals surface area (Å²) in [5.74, 6) is 1.28. The largest absolute Gasteiger partial charge is 0.369 e. The summed E-state index contributed by atoms with van der Waals surface area (Å²) in [6.07, 6.45) is 5.23. The van der Waals surface area contributed by atoms with Crippen LogP contribution < -0.4 is 10.6 Å². The second-order valence-corrected chi connectivity index (χ2v) is 5.19. The molecule has 0 saturated carbocycles. The van der Waals surface area contributed by atoms with Gasteiger partial charge in [-0.2, -0.15) is 10.1 Å². The molecule has 0 aliphatic carbocycles. The summed E-state index contributed by atoms with van der Waals surface area (Å²) in [5, 5.41) is 14.6. The Labute approximate surface area is 126 Å². The molecular weight excluding hydrogens is 262 g/mol. The van der Waals surface area contributed by atoms with Crippen LogP contribution in [0.15, 0.2) is 24.4 Å². The van der Waals surface area contributed by atoms with Crippen LogP contribution in [-0.2, 0) is 0 Å². The van der Waals surface area contributed by atoms with Crippen LogP contribution in [0.5, 0.6) is 0 Å². The van der Waals surface area contributed by atoms with Gasteiger partial charge < -0.3 is 10.6 Å². The number of benzene rings is 1. The Morgan fingerprint density at radius 3 is 2.57 bits per heavy atom. The summed E-state index contributed by atoms with van der Waals surface area (Å²) < 4.78 is 0.